The van der Waals surface area contributed by atoms with Gasteiger partial charge in [0.25, 0.3) is 0 Å². The third-order valence-electron chi connectivity index (χ3n) is 3.22. The largest absolute Gasteiger partial charge is 0.370 e. The van der Waals surface area contributed by atoms with Crippen LogP contribution in [0, 0.1) is 0 Å². The number of para-hydroxylation sites is 2. The molecule has 3 rings (SSSR count). The summed E-state index contributed by atoms with van der Waals surface area (Å²) in [5, 5.41) is 0. The minimum atomic E-state index is -0.364. The third kappa shape index (κ3) is 1.86. The molecule has 1 atom stereocenters. The van der Waals surface area contributed by atoms with Crippen molar-refractivity contribution in [3.05, 3.63) is 30.1 Å². The fourth-order valence-electron chi connectivity index (χ4n) is 2.44. The van der Waals surface area contributed by atoms with Crippen LogP contribution in [-0.4, -0.2) is 22.1 Å². The lowest BCUT2D eigenvalue weighted by Crippen LogP contribution is -2.21. The molecule has 1 saturated heterocycles. The van der Waals surface area contributed by atoms with Crippen LogP contribution in [0.4, 0.5) is 0 Å². The van der Waals surface area contributed by atoms with Crippen molar-refractivity contribution in [2.45, 2.75) is 25.5 Å². The zero-order valence-electron chi connectivity index (χ0n) is 10.0. The highest BCUT2D eigenvalue weighted by atomic mass is 16.5. The Bertz CT molecular complexity index is 585. The SMILES string of the molecule is NC(=O)Cn1c(C2CCCO2)nc2ccccc21. The molecule has 1 aromatic heterocycles. The van der Waals surface area contributed by atoms with Gasteiger partial charge in [0, 0.05) is 6.61 Å². The molecule has 1 aliphatic rings. The number of nitrogens with zero attached hydrogens (tertiary/aromatic N) is 2. The number of ether oxygens (including phenoxy) is 1. The molecule has 1 fully saturated rings. The summed E-state index contributed by atoms with van der Waals surface area (Å²) in [5.74, 6) is 0.449. The van der Waals surface area contributed by atoms with Gasteiger partial charge in [-0.1, -0.05) is 12.1 Å². The van der Waals surface area contributed by atoms with Crippen LogP contribution in [0.25, 0.3) is 11.0 Å². The molecule has 1 unspecified atom stereocenters. The standard InChI is InChI=1S/C13H15N3O2/c14-12(17)8-16-10-5-2-1-4-9(10)15-13(16)11-6-3-7-18-11/h1-2,4-5,11H,3,6-8H2,(H2,14,17). The van der Waals surface area contributed by atoms with Crippen LogP contribution in [0.1, 0.15) is 24.8 Å². The molecule has 1 amide bonds. The number of primary amides is 1. The molecule has 2 N–H and O–H groups in total. The van der Waals surface area contributed by atoms with Crippen molar-refractivity contribution < 1.29 is 9.53 Å². The number of aromatic nitrogens is 2. The first-order valence-corrected chi connectivity index (χ1v) is 6.11. The summed E-state index contributed by atoms with van der Waals surface area (Å²) in [7, 11) is 0. The van der Waals surface area contributed by atoms with Crippen molar-refractivity contribution in [1.82, 2.24) is 9.55 Å². The molecule has 0 saturated carbocycles. The quantitative estimate of drug-likeness (QED) is 0.887. The average Bonchev–Trinajstić information content (AvgIpc) is 2.96. The number of rotatable bonds is 3. The number of hydrogen-bond donors (Lipinski definition) is 1. The topological polar surface area (TPSA) is 70.1 Å². The van der Waals surface area contributed by atoms with Gasteiger partial charge in [-0.25, -0.2) is 4.98 Å². The van der Waals surface area contributed by atoms with Gasteiger partial charge in [-0.3, -0.25) is 4.79 Å². The van der Waals surface area contributed by atoms with Crippen molar-refractivity contribution in [2.24, 2.45) is 5.73 Å². The number of carbonyl (C=O) groups excluding carboxylic acids is 1. The second-order valence-corrected chi connectivity index (χ2v) is 4.51. The second kappa shape index (κ2) is 4.42. The van der Waals surface area contributed by atoms with E-state index in [1.807, 2.05) is 28.8 Å². The Labute approximate surface area is 105 Å². The van der Waals surface area contributed by atoms with Crippen LogP contribution in [0.15, 0.2) is 24.3 Å². The van der Waals surface area contributed by atoms with Gasteiger partial charge in [-0.05, 0) is 25.0 Å². The molecule has 1 aliphatic heterocycles. The maximum atomic E-state index is 11.2. The predicted octanol–water partition coefficient (Wildman–Crippen LogP) is 1.37. The number of fused-ring (bicyclic) bond motifs is 1. The summed E-state index contributed by atoms with van der Waals surface area (Å²) in [4.78, 5) is 15.8. The van der Waals surface area contributed by atoms with E-state index in [1.54, 1.807) is 0 Å². The Morgan fingerprint density at radius 1 is 1.50 bits per heavy atom. The number of nitrogens with two attached hydrogens (primary N) is 1. The van der Waals surface area contributed by atoms with Crippen molar-refractivity contribution in [2.75, 3.05) is 6.61 Å². The van der Waals surface area contributed by atoms with Crippen molar-refractivity contribution in [3.8, 4) is 0 Å². The van der Waals surface area contributed by atoms with Gasteiger partial charge in [0.15, 0.2) is 0 Å². The number of hydrogen-bond acceptors (Lipinski definition) is 3. The first-order chi connectivity index (χ1) is 8.75. The highest BCUT2D eigenvalue weighted by molar-refractivity contribution is 5.80. The van der Waals surface area contributed by atoms with Gasteiger partial charge in [0.2, 0.25) is 5.91 Å². The van der Waals surface area contributed by atoms with E-state index in [-0.39, 0.29) is 18.6 Å². The molecule has 0 radical (unpaired) electrons. The maximum absolute atomic E-state index is 11.2. The summed E-state index contributed by atoms with van der Waals surface area (Å²) >= 11 is 0. The van der Waals surface area contributed by atoms with Gasteiger partial charge >= 0.3 is 0 Å². The summed E-state index contributed by atoms with van der Waals surface area (Å²) in [6, 6.07) is 7.75. The van der Waals surface area contributed by atoms with Gasteiger partial charge < -0.3 is 15.0 Å². The Morgan fingerprint density at radius 3 is 3.06 bits per heavy atom. The summed E-state index contributed by atoms with van der Waals surface area (Å²) < 4.78 is 7.52. The molecule has 94 valence electrons. The first kappa shape index (κ1) is 11.2. The highest BCUT2D eigenvalue weighted by Crippen LogP contribution is 2.30. The minimum Gasteiger partial charge on any atom is -0.370 e. The van der Waals surface area contributed by atoms with Gasteiger partial charge in [0.05, 0.1) is 11.0 Å². The van der Waals surface area contributed by atoms with E-state index in [2.05, 4.69) is 4.98 Å². The van der Waals surface area contributed by atoms with E-state index in [0.29, 0.717) is 0 Å². The average molecular weight is 245 g/mol. The summed E-state index contributed by atoms with van der Waals surface area (Å²) in [6.45, 7) is 0.903. The van der Waals surface area contributed by atoms with E-state index in [0.717, 1.165) is 36.3 Å². The lowest BCUT2D eigenvalue weighted by molar-refractivity contribution is -0.118. The fourth-order valence-corrected chi connectivity index (χ4v) is 2.44. The van der Waals surface area contributed by atoms with Gasteiger partial charge in [0.1, 0.15) is 18.5 Å². The number of carbonyl (C=O) groups is 1. The molecule has 5 nitrogen and oxygen atoms in total. The second-order valence-electron chi connectivity index (χ2n) is 4.51. The van der Waals surface area contributed by atoms with Crippen LogP contribution in [0.3, 0.4) is 0 Å². The van der Waals surface area contributed by atoms with E-state index >= 15 is 0 Å². The molecule has 2 heterocycles. The van der Waals surface area contributed by atoms with Gasteiger partial charge in [-0.2, -0.15) is 0 Å². The van der Waals surface area contributed by atoms with Crippen molar-refractivity contribution in [3.63, 3.8) is 0 Å². The lowest BCUT2D eigenvalue weighted by Gasteiger charge is -2.11. The minimum absolute atomic E-state index is 0.0169. The van der Waals surface area contributed by atoms with Crippen molar-refractivity contribution in [1.29, 1.82) is 0 Å². The molecule has 2 aromatic rings. The molecule has 0 aliphatic carbocycles. The van der Waals surface area contributed by atoms with Crippen LogP contribution in [-0.2, 0) is 16.1 Å². The summed E-state index contributed by atoms with van der Waals surface area (Å²) in [6.07, 6.45) is 1.96. The zero-order valence-corrected chi connectivity index (χ0v) is 10.0. The molecule has 0 spiro atoms. The van der Waals surface area contributed by atoms with Crippen molar-refractivity contribution >= 4 is 16.9 Å². The maximum Gasteiger partial charge on any atom is 0.237 e. The molecule has 0 bridgehead atoms. The Hall–Kier alpha value is -1.88. The molecular formula is C13H15N3O2. The van der Waals surface area contributed by atoms with Gasteiger partial charge in [-0.15, -0.1) is 0 Å². The lowest BCUT2D eigenvalue weighted by atomic mass is 10.2. The molecule has 5 heteroatoms. The first-order valence-electron chi connectivity index (χ1n) is 6.11. The molecule has 18 heavy (non-hydrogen) atoms. The number of imidazole rings is 1. The Kier molecular flexibility index (Phi) is 2.76. The normalized spacial score (nSPS) is 19.4. The number of amides is 1. The third-order valence-corrected chi connectivity index (χ3v) is 3.22. The van der Waals surface area contributed by atoms with E-state index in [1.165, 1.54) is 0 Å². The van der Waals surface area contributed by atoms with Crippen LogP contribution in [0.2, 0.25) is 0 Å². The van der Waals surface area contributed by atoms with E-state index < -0.39 is 0 Å². The Morgan fingerprint density at radius 2 is 2.33 bits per heavy atom. The van der Waals surface area contributed by atoms with Crippen LogP contribution < -0.4 is 5.73 Å². The van der Waals surface area contributed by atoms with Crippen LogP contribution in [0.5, 0.6) is 0 Å². The van der Waals surface area contributed by atoms with Crippen LogP contribution >= 0.6 is 0 Å². The number of benzene rings is 1. The predicted molar refractivity (Wildman–Crippen MR) is 66.9 cm³/mol. The molecular weight excluding hydrogens is 230 g/mol. The Balaban J connectivity index is 2.12. The molecule has 1 aromatic carbocycles. The smallest absolute Gasteiger partial charge is 0.237 e. The zero-order chi connectivity index (χ0) is 12.5. The monoisotopic (exact) mass is 245 g/mol. The summed E-state index contributed by atoms with van der Waals surface area (Å²) in [5.41, 5.74) is 7.13. The van der Waals surface area contributed by atoms with E-state index in [9.17, 15) is 4.79 Å². The highest BCUT2D eigenvalue weighted by Gasteiger charge is 2.24. The fraction of sp³-hybridized carbons (Fsp3) is 0.385. The van der Waals surface area contributed by atoms with E-state index in [4.69, 9.17) is 10.5 Å².